The van der Waals surface area contributed by atoms with Gasteiger partial charge in [-0.2, -0.15) is 18.2 Å². The Morgan fingerprint density at radius 3 is 2.40 bits per heavy atom. The average molecular weight is 259 g/mol. The largest absolute Gasteiger partial charge is 0.492 e. The Morgan fingerprint density at radius 1 is 1.33 bits per heavy atom. The molecular formula is C6H17NO6SSi. The quantitative estimate of drug-likeness (QED) is 0.239. The highest BCUT2D eigenvalue weighted by molar-refractivity contribution is 7.86. The van der Waals surface area contributed by atoms with Gasteiger partial charge in [0.25, 0.3) is 10.1 Å². The summed E-state index contributed by atoms with van der Waals surface area (Å²) in [5.41, 5.74) is 2.18. The second-order valence-electron chi connectivity index (χ2n) is 3.12. The lowest BCUT2D eigenvalue weighted by molar-refractivity contribution is 0.196. The predicted molar refractivity (Wildman–Crippen MR) is 55.0 cm³/mol. The monoisotopic (exact) mass is 259 g/mol. The highest BCUT2D eigenvalue weighted by atomic mass is 32.2. The van der Waals surface area contributed by atoms with E-state index in [0.717, 1.165) is 0 Å². The first kappa shape index (κ1) is 15.0. The van der Waals surface area contributed by atoms with E-state index >= 15 is 0 Å². The van der Waals surface area contributed by atoms with Gasteiger partial charge in [-0.1, -0.05) is 6.92 Å². The maximum absolute atomic E-state index is 11.0. The van der Waals surface area contributed by atoms with E-state index in [0.29, 0.717) is 6.42 Å². The van der Waals surface area contributed by atoms with Crippen LogP contribution in [0, 0.1) is 0 Å². The summed E-state index contributed by atoms with van der Waals surface area (Å²) in [6, 6.07) is -0.156. The molecule has 0 rings (SSSR count). The minimum atomic E-state index is -4.01. The van der Waals surface area contributed by atoms with Crippen molar-refractivity contribution in [3.05, 3.63) is 0 Å². The Bertz CT molecular complexity index is 261. The molecule has 0 saturated heterocycles. The van der Waals surface area contributed by atoms with Crippen molar-refractivity contribution in [2.45, 2.75) is 25.8 Å². The molecule has 0 radical (unpaired) electrons. The van der Waals surface area contributed by atoms with Gasteiger partial charge in [-0.25, -0.2) is 0 Å². The minimum absolute atomic E-state index is 0.0707. The smallest absolute Gasteiger partial charge is 0.390 e. The topological polar surface area (TPSA) is 116 Å². The lowest BCUT2D eigenvalue weighted by atomic mass is 10.5. The van der Waals surface area contributed by atoms with Gasteiger partial charge in [-0.15, -0.1) is 0 Å². The van der Waals surface area contributed by atoms with Gasteiger partial charge in [-0.05, 0) is 12.8 Å². The maximum atomic E-state index is 11.0. The maximum Gasteiger partial charge on any atom is 0.492 e. The van der Waals surface area contributed by atoms with Gasteiger partial charge >= 0.3 is 8.80 Å². The summed E-state index contributed by atoms with van der Waals surface area (Å²) < 4.78 is 26.3. The third-order valence-electron chi connectivity index (χ3n) is 1.43. The fourth-order valence-electron chi connectivity index (χ4n) is 0.821. The van der Waals surface area contributed by atoms with Crippen molar-refractivity contribution in [1.82, 2.24) is 5.48 Å². The van der Waals surface area contributed by atoms with Crippen molar-refractivity contribution < 1.29 is 27.1 Å². The summed E-state index contributed by atoms with van der Waals surface area (Å²) in [5.74, 6) is -0.0707. The van der Waals surface area contributed by atoms with Gasteiger partial charge in [0.15, 0.2) is 0 Å². The Balaban J connectivity index is 3.55. The highest BCUT2D eigenvalue weighted by Crippen LogP contribution is 2.00. The number of hydroxylamine groups is 1. The Morgan fingerprint density at radius 2 is 1.93 bits per heavy atom. The van der Waals surface area contributed by atoms with Crippen LogP contribution in [0.15, 0.2) is 0 Å². The summed E-state index contributed by atoms with van der Waals surface area (Å²) in [4.78, 5) is 25.9. The number of rotatable bonds is 8. The van der Waals surface area contributed by atoms with Gasteiger partial charge in [0.2, 0.25) is 0 Å². The number of hydrogen-bond donors (Lipinski definition) is 4. The van der Waals surface area contributed by atoms with Crippen molar-refractivity contribution in [1.29, 1.82) is 0 Å². The lowest BCUT2D eigenvalue weighted by Crippen LogP contribution is -2.35. The van der Waals surface area contributed by atoms with Crippen LogP contribution >= 0.6 is 0 Å². The SMILES string of the molecule is CCCS(=O)(=O)ONCCC[Si](O)(O)O. The zero-order valence-corrected chi connectivity index (χ0v) is 10.3. The first-order valence-electron chi connectivity index (χ1n) is 4.58. The standard InChI is InChI=1S/C6H17NO6SSi/c1-2-5-14(8,9)13-7-4-3-6-15(10,11)12/h7,10-12H,2-6H2,1H3. The molecule has 0 bridgehead atoms. The fraction of sp³-hybridized carbons (Fsp3) is 1.00. The molecule has 0 spiro atoms. The summed E-state index contributed by atoms with van der Waals surface area (Å²) in [5, 5.41) is 0. The first-order chi connectivity index (χ1) is 6.77. The van der Waals surface area contributed by atoms with E-state index in [-0.39, 0.29) is 24.8 Å². The summed E-state index contributed by atoms with van der Waals surface area (Å²) in [6.45, 7) is 1.84. The molecule has 0 aromatic heterocycles. The molecule has 0 saturated carbocycles. The molecule has 0 amide bonds. The van der Waals surface area contributed by atoms with E-state index in [1.165, 1.54) is 0 Å². The summed E-state index contributed by atoms with van der Waals surface area (Å²) in [7, 11) is -7.55. The van der Waals surface area contributed by atoms with Gasteiger partial charge in [0.05, 0.1) is 5.75 Å². The summed E-state index contributed by atoms with van der Waals surface area (Å²) >= 11 is 0. The molecule has 0 aliphatic heterocycles. The molecule has 0 fully saturated rings. The molecule has 0 aliphatic rings. The lowest BCUT2D eigenvalue weighted by Gasteiger charge is -2.09. The number of nitrogens with one attached hydrogen (secondary N) is 1. The van der Waals surface area contributed by atoms with Gasteiger partial charge in [-0.3, -0.25) is 0 Å². The molecule has 4 N–H and O–H groups in total. The molecule has 15 heavy (non-hydrogen) atoms. The minimum Gasteiger partial charge on any atom is -0.390 e. The molecule has 92 valence electrons. The second-order valence-corrected chi connectivity index (χ2v) is 6.86. The van der Waals surface area contributed by atoms with E-state index < -0.39 is 18.9 Å². The first-order valence-corrected chi connectivity index (χ1v) is 8.20. The summed E-state index contributed by atoms with van der Waals surface area (Å²) in [6.07, 6.45) is 0.682. The van der Waals surface area contributed by atoms with Crippen LogP contribution in [0.1, 0.15) is 19.8 Å². The van der Waals surface area contributed by atoms with Crippen molar-refractivity contribution in [3.63, 3.8) is 0 Å². The van der Waals surface area contributed by atoms with Crippen LogP contribution in [0.5, 0.6) is 0 Å². The van der Waals surface area contributed by atoms with Gasteiger partial charge in [0, 0.05) is 12.6 Å². The zero-order chi connectivity index (χ0) is 11.9. The van der Waals surface area contributed by atoms with Gasteiger partial charge in [0.1, 0.15) is 0 Å². The van der Waals surface area contributed by atoms with Crippen molar-refractivity contribution >= 4 is 18.9 Å². The van der Waals surface area contributed by atoms with Crippen molar-refractivity contribution in [2.24, 2.45) is 0 Å². The van der Waals surface area contributed by atoms with Crippen LogP contribution in [0.4, 0.5) is 0 Å². The highest BCUT2D eigenvalue weighted by Gasteiger charge is 2.25. The second kappa shape index (κ2) is 6.53. The normalized spacial score (nSPS) is 13.1. The molecular weight excluding hydrogens is 242 g/mol. The van der Waals surface area contributed by atoms with E-state index in [9.17, 15) is 8.42 Å². The van der Waals surface area contributed by atoms with E-state index in [1.807, 2.05) is 0 Å². The average Bonchev–Trinajstić information content (AvgIpc) is 2.00. The van der Waals surface area contributed by atoms with Gasteiger partial charge < -0.3 is 14.4 Å². The van der Waals surface area contributed by atoms with Crippen LogP contribution in [-0.4, -0.2) is 43.9 Å². The fourth-order valence-corrected chi connectivity index (χ4v) is 2.32. The van der Waals surface area contributed by atoms with E-state index in [4.69, 9.17) is 14.4 Å². The molecule has 0 unspecified atom stereocenters. The van der Waals surface area contributed by atoms with Crippen molar-refractivity contribution in [2.75, 3.05) is 12.3 Å². The molecule has 0 heterocycles. The van der Waals surface area contributed by atoms with Crippen molar-refractivity contribution in [3.8, 4) is 0 Å². The van der Waals surface area contributed by atoms with Crippen LogP contribution in [0.2, 0.25) is 6.04 Å². The predicted octanol–water partition coefficient (Wildman–Crippen LogP) is -1.45. The molecule has 9 heteroatoms. The molecule has 7 nitrogen and oxygen atoms in total. The zero-order valence-electron chi connectivity index (χ0n) is 8.51. The molecule has 0 atom stereocenters. The van der Waals surface area contributed by atoms with E-state index in [2.05, 4.69) is 9.76 Å². The Hall–Kier alpha value is -0.0331. The Labute approximate surface area is 90.1 Å². The molecule has 0 aromatic carbocycles. The number of hydrogen-bond acceptors (Lipinski definition) is 7. The Kier molecular flexibility index (Phi) is 6.51. The van der Waals surface area contributed by atoms with Crippen LogP contribution in [0.3, 0.4) is 0 Å². The molecule has 0 aliphatic carbocycles. The van der Waals surface area contributed by atoms with E-state index in [1.54, 1.807) is 6.92 Å². The van der Waals surface area contributed by atoms with Crippen LogP contribution in [0.25, 0.3) is 0 Å². The molecule has 0 aromatic rings. The van der Waals surface area contributed by atoms with Crippen LogP contribution < -0.4 is 5.48 Å². The third-order valence-corrected chi connectivity index (χ3v) is 3.74. The third kappa shape index (κ3) is 10.3. The van der Waals surface area contributed by atoms with Crippen LogP contribution in [-0.2, 0) is 14.4 Å².